The lowest BCUT2D eigenvalue weighted by Gasteiger charge is -2.12. The molecule has 0 radical (unpaired) electrons. The van der Waals surface area contributed by atoms with Crippen LogP contribution in [0, 0.1) is 10.1 Å². The summed E-state index contributed by atoms with van der Waals surface area (Å²) in [5.41, 5.74) is 1.67. The Balaban J connectivity index is 1.69. The molecule has 0 saturated heterocycles. The van der Waals surface area contributed by atoms with E-state index in [1.54, 1.807) is 18.2 Å². The van der Waals surface area contributed by atoms with Crippen LogP contribution in [-0.4, -0.2) is 30.2 Å². The van der Waals surface area contributed by atoms with E-state index in [1.807, 2.05) is 0 Å². The number of carbonyl (C=O) groups is 1. The maximum absolute atomic E-state index is 11.6. The number of benzene rings is 1. The van der Waals surface area contributed by atoms with E-state index in [9.17, 15) is 14.9 Å². The number of carbonyl (C=O) groups excluding carboxylic acids is 1. The minimum absolute atomic E-state index is 0.0601. The molecule has 0 heterocycles. The van der Waals surface area contributed by atoms with Gasteiger partial charge in [-0.1, -0.05) is 28.9 Å². The first-order valence-electron chi connectivity index (χ1n) is 8.00. The van der Waals surface area contributed by atoms with Crippen LogP contribution >= 0.6 is 0 Å². The summed E-state index contributed by atoms with van der Waals surface area (Å²) in [6, 6.07) is 6.18. The smallest absolute Gasteiger partial charge is 0.278 e. The van der Waals surface area contributed by atoms with Crippen LogP contribution in [0.15, 0.2) is 41.1 Å². The Bertz CT molecular complexity index is 640. The Kier molecular flexibility index (Phi) is 6.94. The number of allylic oxidation sites excluding steroid dienone is 1. The Labute approximate surface area is 140 Å². The van der Waals surface area contributed by atoms with E-state index in [-0.39, 0.29) is 18.2 Å². The molecule has 0 fully saturated rings. The molecule has 0 unspecified atom stereocenters. The molecule has 0 spiro atoms. The molecule has 7 heteroatoms. The zero-order chi connectivity index (χ0) is 17.2. The van der Waals surface area contributed by atoms with Gasteiger partial charge in [0.15, 0.2) is 6.61 Å². The second-order valence-corrected chi connectivity index (χ2v) is 5.53. The molecule has 0 aromatic heterocycles. The lowest BCUT2D eigenvalue weighted by atomic mass is 9.97. The van der Waals surface area contributed by atoms with Crippen molar-refractivity contribution < 1.29 is 14.6 Å². The molecule has 1 amide bonds. The summed E-state index contributed by atoms with van der Waals surface area (Å²) in [5.74, 6) is -0.258. The van der Waals surface area contributed by atoms with Gasteiger partial charge >= 0.3 is 0 Å². The minimum Gasteiger partial charge on any atom is -0.386 e. The SMILES string of the molecule is O=C(CO/N=C/c1ccccc1[N+](=O)[O-])NCCC1=CCCCC1. The van der Waals surface area contributed by atoms with Gasteiger partial charge in [0.25, 0.3) is 11.6 Å². The number of amides is 1. The summed E-state index contributed by atoms with van der Waals surface area (Å²) in [7, 11) is 0. The predicted molar refractivity (Wildman–Crippen MR) is 90.8 cm³/mol. The fraction of sp³-hybridized carbons (Fsp3) is 0.412. The molecule has 2 rings (SSSR count). The van der Waals surface area contributed by atoms with E-state index < -0.39 is 4.92 Å². The van der Waals surface area contributed by atoms with Gasteiger partial charge in [-0.3, -0.25) is 14.9 Å². The third-order valence-electron chi connectivity index (χ3n) is 3.75. The second kappa shape index (κ2) is 9.44. The van der Waals surface area contributed by atoms with Gasteiger partial charge in [0.1, 0.15) is 0 Å². The van der Waals surface area contributed by atoms with Gasteiger partial charge < -0.3 is 10.2 Å². The monoisotopic (exact) mass is 331 g/mol. The van der Waals surface area contributed by atoms with Crippen LogP contribution < -0.4 is 5.32 Å². The van der Waals surface area contributed by atoms with Gasteiger partial charge in [-0.2, -0.15) is 0 Å². The molecule has 1 aliphatic carbocycles. The highest BCUT2D eigenvalue weighted by molar-refractivity contribution is 5.85. The lowest BCUT2D eigenvalue weighted by Crippen LogP contribution is -2.28. The first-order chi connectivity index (χ1) is 11.7. The van der Waals surface area contributed by atoms with Gasteiger partial charge in [0, 0.05) is 12.6 Å². The van der Waals surface area contributed by atoms with Gasteiger partial charge in [-0.15, -0.1) is 0 Å². The van der Waals surface area contributed by atoms with E-state index in [0.29, 0.717) is 12.1 Å². The summed E-state index contributed by atoms with van der Waals surface area (Å²) >= 11 is 0. The van der Waals surface area contributed by atoms with Crippen LogP contribution in [0.2, 0.25) is 0 Å². The molecule has 7 nitrogen and oxygen atoms in total. The van der Waals surface area contributed by atoms with Gasteiger partial charge in [0.05, 0.1) is 16.7 Å². The summed E-state index contributed by atoms with van der Waals surface area (Å²) in [4.78, 5) is 26.9. The van der Waals surface area contributed by atoms with E-state index in [4.69, 9.17) is 4.84 Å². The third kappa shape index (κ3) is 5.83. The molecule has 0 bridgehead atoms. The zero-order valence-corrected chi connectivity index (χ0v) is 13.4. The van der Waals surface area contributed by atoms with Crippen molar-refractivity contribution in [1.82, 2.24) is 5.32 Å². The molecule has 0 saturated carbocycles. The van der Waals surface area contributed by atoms with E-state index in [1.165, 1.54) is 30.7 Å². The highest BCUT2D eigenvalue weighted by atomic mass is 16.6. The first-order valence-corrected chi connectivity index (χ1v) is 8.00. The second-order valence-electron chi connectivity index (χ2n) is 5.53. The quantitative estimate of drug-likeness (QED) is 0.343. The standard InChI is InChI=1S/C17H21N3O4/c21-17(18-11-10-14-6-2-1-3-7-14)13-24-19-12-15-8-4-5-9-16(15)20(22)23/h4-6,8-9,12H,1-3,7,10-11,13H2,(H,18,21)/b19-12+. The number of nitrogens with one attached hydrogen (secondary N) is 1. The fourth-order valence-corrected chi connectivity index (χ4v) is 2.50. The molecule has 128 valence electrons. The molecule has 0 aliphatic heterocycles. The van der Waals surface area contributed by atoms with Crippen LogP contribution in [0.5, 0.6) is 0 Å². The van der Waals surface area contributed by atoms with Crippen molar-refractivity contribution in [1.29, 1.82) is 0 Å². The van der Waals surface area contributed by atoms with Gasteiger partial charge in [-0.25, -0.2) is 0 Å². The Morgan fingerprint density at radius 3 is 2.96 bits per heavy atom. The van der Waals surface area contributed by atoms with E-state index in [2.05, 4.69) is 16.5 Å². The van der Waals surface area contributed by atoms with Crippen molar-refractivity contribution >= 4 is 17.8 Å². The molecule has 1 aliphatic rings. The van der Waals surface area contributed by atoms with Crippen molar-refractivity contribution in [2.45, 2.75) is 32.1 Å². The predicted octanol–water partition coefficient (Wildman–Crippen LogP) is 2.95. The Hall–Kier alpha value is -2.70. The fourth-order valence-electron chi connectivity index (χ4n) is 2.50. The summed E-state index contributed by atoms with van der Waals surface area (Å²) in [6.45, 7) is 0.373. The Morgan fingerprint density at radius 2 is 2.21 bits per heavy atom. The number of para-hydroxylation sites is 1. The van der Waals surface area contributed by atoms with Crippen LogP contribution in [0.1, 0.15) is 37.7 Å². The maximum Gasteiger partial charge on any atom is 0.278 e. The van der Waals surface area contributed by atoms with Gasteiger partial charge in [-0.05, 0) is 38.2 Å². The van der Waals surface area contributed by atoms with Crippen molar-refractivity contribution in [2.24, 2.45) is 5.16 Å². The van der Waals surface area contributed by atoms with E-state index in [0.717, 1.165) is 19.3 Å². The van der Waals surface area contributed by atoms with Crippen molar-refractivity contribution in [3.05, 3.63) is 51.6 Å². The van der Waals surface area contributed by atoms with Crippen molar-refractivity contribution in [2.75, 3.05) is 13.2 Å². The van der Waals surface area contributed by atoms with Crippen LogP contribution in [0.3, 0.4) is 0 Å². The highest BCUT2D eigenvalue weighted by Gasteiger charge is 2.10. The number of rotatable bonds is 8. The lowest BCUT2D eigenvalue weighted by molar-refractivity contribution is -0.385. The van der Waals surface area contributed by atoms with Crippen LogP contribution in [0.25, 0.3) is 0 Å². The molecular weight excluding hydrogens is 310 g/mol. The number of oxime groups is 1. The number of nitro groups is 1. The Morgan fingerprint density at radius 1 is 1.38 bits per heavy atom. The third-order valence-corrected chi connectivity index (χ3v) is 3.75. The molecule has 0 atom stereocenters. The largest absolute Gasteiger partial charge is 0.386 e. The maximum atomic E-state index is 11.6. The molecular formula is C17H21N3O4. The average molecular weight is 331 g/mol. The molecule has 1 aromatic carbocycles. The number of nitrogens with zero attached hydrogens (tertiary/aromatic N) is 2. The van der Waals surface area contributed by atoms with Crippen LogP contribution in [-0.2, 0) is 9.63 Å². The van der Waals surface area contributed by atoms with Crippen molar-refractivity contribution in [3.63, 3.8) is 0 Å². The molecule has 1 aromatic rings. The number of hydrogen-bond donors (Lipinski definition) is 1. The van der Waals surface area contributed by atoms with E-state index >= 15 is 0 Å². The summed E-state index contributed by atoms with van der Waals surface area (Å²) < 4.78 is 0. The number of nitro benzene ring substituents is 1. The minimum atomic E-state index is -0.492. The average Bonchev–Trinajstić information content (AvgIpc) is 2.60. The summed E-state index contributed by atoms with van der Waals surface area (Å²) in [5, 5.41) is 17.2. The highest BCUT2D eigenvalue weighted by Crippen LogP contribution is 2.19. The first kappa shape index (κ1) is 17.7. The molecule has 24 heavy (non-hydrogen) atoms. The van der Waals surface area contributed by atoms with Crippen LogP contribution in [0.4, 0.5) is 5.69 Å². The summed E-state index contributed by atoms with van der Waals surface area (Å²) in [6.07, 6.45) is 9.08. The topological polar surface area (TPSA) is 93.8 Å². The zero-order valence-electron chi connectivity index (χ0n) is 13.4. The normalized spacial score (nSPS) is 14.2. The molecule has 1 N–H and O–H groups in total. The van der Waals surface area contributed by atoms with Crippen molar-refractivity contribution in [3.8, 4) is 0 Å². The number of hydrogen-bond acceptors (Lipinski definition) is 5. The van der Waals surface area contributed by atoms with Gasteiger partial charge in [0.2, 0.25) is 0 Å².